The lowest BCUT2D eigenvalue weighted by Crippen LogP contribution is -2.29. The monoisotopic (exact) mass is 332 g/mol. The van der Waals surface area contributed by atoms with Crippen LogP contribution in [0.4, 0.5) is 20.6 Å². The Hall–Kier alpha value is -2.47. The van der Waals surface area contributed by atoms with E-state index >= 15 is 0 Å². The van der Waals surface area contributed by atoms with Crippen molar-refractivity contribution in [2.45, 2.75) is 13.3 Å². The first-order valence-corrected chi connectivity index (χ1v) is 7.51. The minimum atomic E-state index is -0.606. The van der Waals surface area contributed by atoms with Crippen LogP contribution in [-0.2, 0) is 0 Å². The molecule has 23 heavy (non-hydrogen) atoms. The number of hydrogen-bond acceptors (Lipinski definition) is 3. The largest absolute Gasteiger partial charge is 0.419 e. The van der Waals surface area contributed by atoms with Gasteiger partial charge in [-0.1, -0.05) is 31.3 Å². The van der Waals surface area contributed by atoms with Crippen molar-refractivity contribution in [2.75, 3.05) is 17.3 Å². The summed E-state index contributed by atoms with van der Waals surface area (Å²) in [5, 5.41) is 3.05. The summed E-state index contributed by atoms with van der Waals surface area (Å²) in [4.78, 5) is 14.1. The number of rotatable bonds is 4. The highest BCUT2D eigenvalue weighted by molar-refractivity contribution is 7.80. The maximum Gasteiger partial charge on any atom is 0.419 e. The number of amides is 1. The van der Waals surface area contributed by atoms with Crippen LogP contribution >= 0.6 is 12.2 Å². The van der Waals surface area contributed by atoms with Gasteiger partial charge in [-0.15, -0.1) is 0 Å². The Morgan fingerprint density at radius 1 is 1.26 bits per heavy atom. The van der Waals surface area contributed by atoms with Crippen LogP contribution in [0.3, 0.4) is 0 Å². The minimum Gasteiger partial charge on any atom is -0.410 e. The summed E-state index contributed by atoms with van der Waals surface area (Å²) >= 11 is 5.12. The topological polar surface area (TPSA) is 41.6 Å². The number of benzene rings is 2. The number of carbonyl (C=O) groups excluding carboxylic acids is 1. The summed E-state index contributed by atoms with van der Waals surface area (Å²) in [5.41, 5.74) is 1.16. The highest BCUT2D eigenvalue weighted by Gasteiger charge is 2.14. The first-order chi connectivity index (χ1) is 11.0. The van der Waals surface area contributed by atoms with E-state index in [0.29, 0.717) is 16.4 Å². The first-order valence-electron chi connectivity index (χ1n) is 7.10. The number of nitrogens with zero attached hydrogens (tertiary/aromatic N) is 1. The Morgan fingerprint density at radius 3 is 2.70 bits per heavy atom. The van der Waals surface area contributed by atoms with Gasteiger partial charge in [0.2, 0.25) is 0 Å². The summed E-state index contributed by atoms with van der Waals surface area (Å²) in [7, 11) is 1.52. The lowest BCUT2D eigenvalue weighted by molar-refractivity contribution is 0.209. The van der Waals surface area contributed by atoms with Crippen LogP contribution in [0.1, 0.15) is 13.3 Å². The van der Waals surface area contributed by atoms with Gasteiger partial charge in [-0.2, -0.15) is 0 Å². The summed E-state index contributed by atoms with van der Waals surface area (Å²) in [6.45, 7) is 1.95. The Balaban J connectivity index is 2.07. The molecule has 6 heteroatoms. The highest BCUT2D eigenvalue weighted by atomic mass is 32.1. The molecule has 0 atom stereocenters. The molecule has 0 saturated carbocycles. The van der Waals surface area contributed by atoms with Gasteiger partial charge in [-0.05, 0) is 36.8 Å². The average molecular weight is 332 g/mol. The van der Waals surface area contributed by atoms with Crippen molar-refractivity contribution in [1.29, 1.82) is 0 Å². The van der Waals surface area contributed by atoms with Crippen molar-refractivity contribution >= 4 is 34.7 Å². The number of thiocarbonyl (C=S) groups is 1. The minimum absolute atomic E-state index is 0.377. The van der Waals surface area contributed by atoms with E-state index in [1.807, 2.05) is 13.0 Å². The molecule has 0 saturated heterocycles. The average Bonchev–Trinajstić information content (AvgIpc) is 2.54. The van der Waals surface area contributed by atoms with E-state index in [0.717, 1.165) is 12.1 Å². The molecule has 2 aromatic rings. The number of halogens is 1. The lowest BCUT2D eigenvalue weighted by Gasteiger charge is -2.17. The molecule has 2 rings (SSSR count). The molecule has 0 radical (unpaired) electrons. The highest BCUT2D eigenvalue weighted by Crippen LogP contribution is 2.20. The fourth-order valence-corrected chi connectivity index (χ4v) is 1.96. The Labute approximate surface area is 139 Å². The lowest BCUT2D eigenvalue weighted by atomic mass is 10.3. The van der Waals surface area contributed by atoms with Crippen LogP contribution in [0.15, 0.2) is 48.5 Å². The van der Waals surface area contributed by atoms with E-state index in [4.69, 9.17) is 17.0 Å². The smallest absolute Gasteiger partial charge is 0.410 e. The van der Waals surface area contributed by atoms with Crippen molar-refractivity contribution in [2.24, 2.45) is 0 Å². The van der Waals surface area contributed by atoms with Crippen LogP contribution in [-0.4, -0.2) is 18.1 Å². The summed E-state index contributed by atoms with van der Waals surface area (Å²) in [5.74, 6) is -0.0384. The number of hydrogen-bond donors (Lipinski definition) is 1. The molecule has 0 spiro atoms. The van der Waals surface area contributed by atoms with Gasteiger partial charge < -0.3 is 10.1 Å². The molecule has 0 fully saturated rings. The molecule has 1 amide bonds. The maximum atomic E-state index is 13.2. The second-order valence-electron chi connectivity index (χ2n) is 4.84. The van der Waals surface area contributed by atoms with Gasteiger partial charge >= 0.3 is 6.09 Å². The Kier molecular flexibility index (Phi) is 5.65. The fourth-order valence-electron chi connectivity index (χ4n) is 1.85. The van der Waals surface area contributed by atoms with Gasteiger partial charge in [0.1, 0.15) is 11.6 Å². The Bertz CT molecular complexity index is 721. The van der Waals surface area contributed by atoms with Crippen LogP contribution in [0.2, 0.25) is 0 Å². The van der Waals surface area contributed by atoms with Crippen molar-refractivity contribution < 1.29 is 13.9 Å². The first kappa shape index (κ1) is 16.9. The summed E-state index contributed by atoms with van der Waals surface area (Å²) in [6, 6.07) is 12.7. The second-order valence-corrected chi connectivity index (χ2v) is 5.33. The predicted molar refractivity (Wildman–Crippen MR) is 93.8 cm³/mol. The van der Waals surface area contributed by atoms with E-state index < -0.39 is 11.9 Å². The van der Waals surface area contributed by atoms with E-state index in [2.05, 4.69) is 5.32 Å². The molecule has 120 valence electrons. The second kappa shape index (κ2) is 7.69. The van der Waals surface area contributed by atoms with Gasteiger partial charge in [0.15, 0.2) is 0 Å². The number of ether oxygens (including phenoxy) is 1. The van der Waals surface area contributed by atoms with Crippen molar-refractivity contribution in [3.63, 3.8) is 0 Å². The molecule has 4 nitrogen and oxygen atoms in total. The molecule has 2 aromatic carbocycles. The van der Waals surface area contributed by atoms with Gasteiger partial charge in [-0.3, -0.25) is 4.90 Å². The molecular formula is C17H17FN2O2S. The van der Waals surface area contributed by atoms with Crippen molar-refractivity contribution in [3.05, 3.63) is 54.3 Å². The van der Waals surface area contributed by atoms with Crippen LogP contribution in [0.25, 0.3) is 0 Å². The SMILES string of the molecule is CCC(=S)Nc1cccc(OC(=O)N(C)c2cccc(F)c2)c1. The number of anilines is 2. The number of carbonyl (C=O) groups is 1. The third kappa shape index (κ3) is 4.75. The summed E-state index contributed by atoms with van der Waals surface area (Å²) in [6.07, 6.45) is 0.118. The molecular weight excluding hydrogens is 315 g/mol. The van der Waals surface area contributed by atoms with E-state index in [9.17, 15) is 9.18 Å². The zero-order valence-corrected chi connectivity index (χ0v) is 13.7. The van der Waals surface area contributed by atoms with E-state index in [1.54, 1.807) is 24.3 Å². The van der Waals surface area contributed by atoms with E-state index in [1.165, 1.54) is 30.1 Å². The van der Waals surface area contributed by atoms with Gasteiger partial charge in [0, 0.05) is 24.5 Å². The predicted octanol–water partition coefficient (Wildman–Crippen LogP) is 4.61. The zero-order valence-electron chi connectivity index (χ0n) is 12.9. The van der Waals surface area contributed by atoms with Gasteiger partial charge in [0.05, 0.1) is 4.99 Å². The quantitative estimate of drug-likeness (QED) is 0.830. The fraction of sp³-hybridized carbons (Fsp3) is 0.176. The standard InChI is InChI=1S/C17H17FN2O2S/c1-3-16(23)19-13-7-5-9-15(11-13)22-17(21)20(2)14-8-4-6-12(18)10-14/h4-11H,3H2,1-2H3,(H,19,23). The molecule has 0 unspecified atom stereocenters. The maximum absolute atomic E-state index is 13.2. The molecule has 0 bridgehead atoms. The van der Waals surface area contributed by atoms with Gasteiger partial charge in [-0.25, -0.2) is 9.18 Å². The van der Waals surface area contributed by atoms with Crippen LogP contribution in [0, 0.1) is 5.82 Å². The molecule has 0 aliphatic heterocycles. The molecule has 0 aliphatic rings. The van der Waals surface area contributed by atoms with E-state index in [-0.39, 0.29) is 0 Å². The summed E-state index contributed by atoms with van der Waals surface area (Å²) < 4.78 is 18.5. The van der Waals surface area contributed by atoms with Crippen LogP contribution < -0.4 is 15.0 Å². The normalized spacial score (nSPS) is 10.0. The zero-order chi connectivity index (χ0) is 16.8. The molecule has 1 N–H and O–H groups in total. The van der Waals surface area contributed by atoms with Crippen molar-refractivity contribution in [1.82, 2.24) is 0 Å². The van der Waals surface area contributed by atoms with Crippen molar-refractivity contribution in [3.8, 4) is 5.75 Å². The third-order valence-electron chi connectivity index (χ3n) is 3.11. The third-order valence-corrected chi connectivity index (χ3v) is 3.50. The number of nitrogens with one attached hydrogen (secondary N) is 1. The molecule has 0 aromatic heterocycles. The van der Waals surface area contributed by atoms with Gasteiger partial charge in [0.25, 0.3) is 0 Å². The van der Waals surface area contributed by atoms with Crippen LogP contribution in [0.5, 0.6) is 5.75 Å². The Morgan fingerprint density at radius 2 is 2.00 bits per heavy atom. The molecule has 0 aliphatic carbocycles. The molecule has 0 heterocycles.